The number of aliphatic hydroxyl groups excluding tert-OH is 1. The van der Waals surface area contributed by atoms with Gasteiger partial charge in [0, 0.05) is 6.07 Å². The van der Waals surface area contributed by atoms with Gasteiger partial charge in [0.15, 0.2) is 5.78 Å². The Hall–Kier alpha value is -1.55. The van der Waals surface area contributed by atoms with Crippen LogP contribution in [0.5, 0.6) is 11.5 Å². The summed E-state index contributed by atoms with van der Waals surface area (Å²) in [6, 6.07) is 3.39. The highest BCUT2D eigenvalue weighted by molar-refractivity contribution is 6.01. The minimum Gasteiger partial charge on any atom is -0.497 e. The zero-order chi connectivity index (χ0) is 11.0. The van der Waals surface area contributed by atoms with E-state index in [1.807, 2.05) is 6.92 Å². The van der Waals surface area contributed by atoms with Crippen molar-refractivity contribution < 1.29 is 19.4 Å². The molecule has 2 rings (SSSR count). The van der Waals surface area contributed by atoms with Crippen molar-refractivity contribution in [3.05, 3.63) is 23.3 Å². The van der Waals surface area contributed by atoms with E-state index in [0.717, 1.165) is 5.56 Å². The lowest BCUT2D eigenvalue weighted by Gasteiger charge is -2.23. The van der Waals surface area contributed by atoms with Gasteiger partial charge in [-0.2, -0.15) is 0 Å². The zero-order valence-electron chi connectivity index (χ0n) is 8.61. The highest BCUT2D eigenvalue weighted by atomic mass is 16.6. The lowest BCUT2D eigenvalue weighted by molar-refractivity contribution is -0.0247. The fraction of sp³-hybridized carbons (Fsp3) is 0.364. The summed E-state index contributed by atoms with van der Waals surface area (Å²) in [6.07, 6.45) is -1.03. The van der Waals surface area contributed by atoms with Crippen molar-refractivity contribution in [2.24, 2.45) is 0 Å². The molecule has 0 spiro atoms. The predicted molar refractivity (Wildman–Crippen MR) is 53.3 cm³/mol. The van der Waals surface area contributed by atoms with Gasteiger partial charge in [0.05, 0.1) is 19.1 Å². The average molecular weight is 208 g/mol. The molecular formula is C11H12O4. The maximum absolute atomic E-state index is 11.6. The average Bonchev–Trinajstić information content (AvgIpc) is 2.15. The molecule has 1 unspecified atom stereocenters. The van der Waals surface area contributed by atoms with Crippen LogP contribution in [0, 0.1) is 6.92 Å². The summed E-state index contributed by atoms with van der Waals surface area (Å²) in [4.78, 5) is 11.6. The number of hydrogen-bond donors (Lipinski definition) is 1. The fourth-order valence-corrected chi connectivity index (χ4v) is 1.74. The van der Waals surface area contributed by atoms with E-state index >= 15 is 0 Å². The van der Waals surface area contributed by atoms with Crippen LogP contribution in [-0.4, -0.2) is 24.3 Å². The summed E-state index contributed by atoms with van der Waals surface area (Å²) in [5.74, 6) is 0.924. The summed E-state index contributed by atoms with van der Waals surface area (Å²) in [7, 11) is 1.54. The van der Waals surface area contributed by atoms with Crippen LogP contribution in [0.3, 0.4) is 0 Å². The number of carbonyl (C=O) groups excluding carboxylic acids is 1. The molecule has 15 heavy (non-hydrogen) atoms. The number of ketones is 1. The smallest absolute Gasteiger partial charge is 0.204 e. The number of Topliss-reactive ketones (excluding diaryl/α,β-unsaturated/α-hetero) is 1. The van der Waals surface area contributed by atoms with Crippen LogP contribution < -0.4 is 9.47 Å². The van der Waals surface area contributed by atoms with Crippen LogP contribution >= 0.6 is 0 Å². The number of aryl methyl sites for hydroxylation is 1. The number of aliphatic hydroxyl groups is 1. The van der Waals surface area contributed by atoms with Crippen molar-refractivity contribution in [3.63, 3.8) is 0 Å². The van der Waals surface area contributed by atoms with Crippen molar-refractivity contribution in [1.82, 2.24) is 0 Å². The first-order valence-electron chi connectivity index (χ1n) is 4.68. The zero-order valence-corrected chi connectivity index (χ0v) is 8.61. The molecule has 1 atom stereocenters. The largest absolute Gasteiger partial charge is 0.497 e. The van der Waals surface area contributed by atoms with Crippen LogP contribution in [0.4, 0.5) is 0 Å². The molecule has 4 heteroatoms. The van der Waals surface area contributed by atoms with E-state index in [1.165, 1.54) is 0 Å². The molecule has 0 bridgehead atoms. The third-order valence-electron chi connectivity index (χ3n) is 2.41. The summed E-state index contributed by atoms with van der Waals surface area (Å²) in [5.41, 5.74) is 1.35. The normalized spacial score (nSPS) is 19.4. The van der Waals surface area contributed by atoms with E-state index in [0.29, 0.717) is 17.1 Å². The summed E-state index contributed by atoms with van der Waals surface area (Å²) in [6.45, 7) is 1.82. The Morgan fingerprint density at radius 1 is 1.53 bits per heavy atom. The molecular weight excluding hydrogens is 196 g/mol. The Labute approximate surface area is 87.4 Å². The first-order chi connectivity index (χ1) is 7.11. The number of hydrogen-bond acceptors (Lipinski definition) is 4. The number of methoxy groups -OCH3 is 1. The lowest BCUT2D eigenvalue weighted by atomic mass is 9.99. The van der Waals surface area contributed by atoms with Gasteiger partial charge in [-0.1, -0.05) is 0 Å². The van der Waals surface area contributed by atoms with Gasteiger partial charge in [-0.05, 0) is 18.6 Å². The molecule has 1 aromatic rings. The molecule has 0 saturated carbocycles. The van der Waals surface area contributed by atoms with Gasteiger partial charge in [-0.25, -0.2) is 0 Å². The van der Waals surface area contributed by atoms with Gasteiger partial charge >= 0.3 is 0 Å². The van der Waals surface area contributed by atoms with Crippen molar-refractivity contribution in [2.45, 2.75) is 19.6 Å². The molecule has 1 heterocycles. The van der Waals surface area contributed by atoms with Crippen molar-refractivity contribution >= 4 is 5.78 Å². The number of ether oxygens (including phenoxy) is 2. The molecule has 0 fully saturated rings. The maximum atomic E-state index is 11.6. The van der Waals surface area contributed by atoms with Gasteiger partial charge in [0.25, 0.3) is 0 Å². The second-order valence-electron chi connectivity index (χ2n) is 3.52. The topological polar surface area (TPSA) is 55.8 Å². The van der Waals surface area contributed by atoms with Crippen LogP contribution in [0.25, 0.3) is 0 Å². The molecule has 80 valence electrons. The summed E-state index contributed by atoms with van der Waals surface area (Å²) < 4.78 is 10.2. The van der Waals surface area contributed by atoms with Crippen molar-refractivity contribution in [3.8, 4) is 11.5 Å². The standard InChI is InChI=1S/C11H12O4/c1-6-3-7(14-2)4-9-11(6)8(12)5-10(13)15-9/h3-4,10,13H,5H2,1-2H3. The highest BCUT2D eigenvalue weighted by Gasteiger charge is 2.27. The Kier molecular flexibility index (Phi) is 2.36. The van der Waals surface area contributed by atoms with E-state index in [1.54, 1.807) is 19.2 Å². The molecule has 4 nitrogen and oxygen atoms in total. The first-order valence-corrected chi connectivity index (χ1v) is 4.68. The fourth-order valence-electron chi connectivity index (χ4n) is 1.74. The van der Waals surface area contributed by atoms with Crippen LogP contribution in [0.15, 0.2) is 12.1 Å². The third kappa shape index (κ3) is 1.68. The highest BCUT2D eigenvalue weighted by Crippen LogP contribution is 2.33. The monoisotopic (exact) mass is 208 g/mol. The lowest BCUT2D eigenvalue weighted by Crippen LogP contribution is -2.27. The second kappa shape index (κ2) is 3.55. The third-order valence-corrected chi connectivity index (χ3v) is 2.41. The van der Waals surface area contributed by atoms with Gasteiger partial charge in [-0.15, -0.1) is 0 Å². The van der Waals surface area contributed by atoms with E-state index < -0.39 is 6.29 Å². The number of carbonyl (C=O) groups is 1. The van der Waals surface area contributed by atoms with Crippen LogP contribution in [-0.2, 0) is 0 Å². The maximum Gasteiger partial charge on any atom is 0.204 e. The molecule has 0 amide bonds. The van der Waals surface area contributed by atoms with E-state index in [9.17, 15) is 9.90 Å². The molecule has 0 aromatic heterocycles. The van der Waals surface area contributed by atoms with Gasteiger partial charge in [-0.3, -0.25) is 4.79 Å². The molecule has 0 radical (unpaired) electrons. The SMILES string of the molecule is COc1cc(C)c2c(c1)OC(O)CC2=O. The quantitative estimate of drug-likeness (QED) is 0.755. The van der Waals surface area contributed by atoms with Crippen LogP contribution in [0.1, 0.15) is 22.3 Å². The number of fused-ring (bicyclic) bond motifs is 1. The summed E-state index contributed by atoms with van der Waals surface area (Å²) >= 11 is 0. The van der Waals surface area contributed by atoms with Gasteiger partial charge < -0.3 is 14.6 Å². The van der Waals surface area contributed by atoms with E-state index in [2.05, 4.69) is 0 Å². The van der Waals surface area contributed by atoms with Gasteiger partial charge in [0.1, 0.15) is 11.5 Å². The van der Waals surface area contributed by atoms with E-state index in [4.69, 9.17) is 9.47 Å². The van der Waals surface area contributed by atoms with Crippen molar-refractivity contribution in [2.75, 3.05) is 7.11 Å². The Morgan fingerprint density at radius 2 is 2.27 bits per heavy atom. The first kappa shape index (κ1) is 9.98. The molecule has 1 aliphatic rings. The Bertz CT molecular complexity index is 411. The summed E-state index contributed by atoms with van der Waals surface area (Å²) in [5, 5.41) is 9.30. The minimum absolute atomic E-state index is 0.0141. The molecule has 0 aliphatic carbocycles. The molecule has 0 saturated heterocycles. The van der Waals surface area contributed by atoms with Gasteiger partial charge in [0.2, 0.25) is 6.29 Å². The number of rotatable bonds is 1. The molecule has 1 N–H and O–H groups in total. The van der Waals surface area contributed by atoms with E-state index in [-0.39, 0.29) is 12.2 Å². The van der Waals surface area contributed by atoms with Crippen molar-refractivity contribution in [1.29, 1.82) is 0 Å². The Balaban J connectivity index is 2.54. The predicted octanol–water partition coefficient (Wildman–Crippen LogP) is 1.29. The molecule has 1 aromatic carbocycles. The molecule has 1 aliphatic heterocycles. The number of benzene rings is 1. The Morgan fingerprint density at radius 3 is 2.93 bits per heavy atom. The second-order valence-corrected chi connectivity index (χ2v) is 3.52. The van der Waals surface area contributed by atoms with Crippen LogP contribution in [0.2, 0.25) is 0 Å². The minimum atomic E-state index is -1.04.